The van der Waals surface area contributed by atoms with Crippen LogP contribution in [0.1, 0.15) is 77.9 Å². The molecule has 42 heavy (non-hydrogen) atoms. The molecule has 1 heterocycles. The zero-order valence-electron chi connectivity index (χ0n) is 21.9. The molecule has 0 bridgehead atoms. The lowest BCUT2D eigenvalue weighted by Gasteiger charge is -2.34. The Hall–Kier alpha value is -2.87. The van der Waals surface area contributed by atoms with Crippen LogP contribution in [0.15, 0.2) is 18.3 Å². The SMILES string of the molecule is CC1(C(=O)O)CCC(n2ncc(C(=O)N(CC(=O)c3c(Cl)ccc(F)c3Cl)CC3(C(F)(F)F)CC3)c2C(F)(F)F)CC1. The monoisotopic (exact) mass is 645 g/mol. The fourth-order valence-electron chi connectivity index (χ4n) is 5.23. The average Bonchev–Trinajstić information content (AvgIpc) is 3.54. The molecule has 7 nitrogen and oxygen atoms in total. The van der Waals surface area contributed by atoms with E-state index < -0.39 is 100 Å². The van der Waals surface area contributed by atoms with E-state index in [0.29, 0.717) is 15.8 Å². The van der Waals surface area contributed by atoms with Crippen LogP contribution in [0.3, 0.4) is 0 Å². The third-order valence-electron chi connectivity index (χ3n) is 8.11. The smallest absolute Gasteiger partial charge is 0.433 e. The number of hydrogen-bond acceptors (Lipinski definition) is 4. The number of halogens is 9. The van der Waals surface area contributed by atoms with Gasteiger partial charge in [-0.3, -0.25) is 19.1 Å². The minimum Gasteiger partial charge on any atom is -0.481 e. The van der Waals surface area contributed by atoms with E-state index in [1.54, 1.807) is 0 Å². The molecule has 16 heteroatoms. The van der Waals surface area contributed by atoms with Crippen LogP contribution in [0, 0.1) is 16.6 Å². The summed E-state index contributed by atoms with van der Waals surface area (Å²) >= 11 is 11.8. The number of benzene rings is 1. The summed E-state index contributed by atoms with van der Waals surface area (Å²) in [6.07, 6.45) is -10.3. The Labute approximate surface area is 244 Å². The number of carboxylic acids is 1. The van der Waals surface area contributed by atoms with Crippen molar-refractivity contribution in [2.24, 2.45) is 10.8 Å². The predicted octanol–water partition coefficient (Wildman–Crippen LogP) is 7.22. The lowest BCUT2D eigenvalue weighted by Crippen LogP contribution is -2.44. The molecule has 1 N–H and O–H groups in total. The number of carboxylic acid groups (broad SMARTS) is 1. The van der Waals surface area contributed by atoms with Crippen molar-refractivity contribution >= 4 is 40.9 Å². The lowest BCUT2D eigenvalue weighted by atomic mass is 9.74. The molecular formula is C26H24Cl2F7N3O4. The van der Waals surface area contributed by atoms with Crippen LogP contribution in [0.25, 0.3) is 0 Å². The fraction of sp³-hybridized carbons (Fsp3) is 0.538. The summed E-state index contributed by atoms with van der Waals surface area (Å²) in [6.45, 7) is -0.856. The zero-order chi connectivity index (χ0) is 31.4. The highest BCUT2D eigenvalue weighted by molar-refractivity contribution is 6.40. The number of aliphatic carboxylic acids is 1. The van der Waals surface area contributed by atoms with Gasteiger partial charge in [0.1, 0.15) is 5.82 Å². The van der Waals surface area contributed by atoms with Crippen molar-refractivity contribution in [3.8, 4) is 0 Å². The Morgan fingerprint density at radius 1 is 1.07 bits per heavy atom. The van der Waals surface area contributed by atoms with Crippen LogP contribution in [0.5, 0.6) is 0 Å². The highest BCUT2D eigenvalue weighted by Gasteiger charge is 2.64. The van der Waals surface area contributed by atoms with E-state index in [9.17, 15) is 50.2 Å². The van der Waals surface area contributed by atoms with Crippen molar-refractivity contribution < 1.29 is 50.2 Å². The van der Waals surface area contributed by atoms with Crippen LogP contribution in [-0.2, 0) is 11.0 Å². The standard InChI is InChI=1S/C26H24Cl2F7N3O4/c1-23(22(41)42)6-4-13(5-7-23)38-20(25(30,31)32)14(10-36-38)21(40)37(12-24(8-9-24)26(33,34)35)11-17(39)18-15(27)2-3-16(29)19(18)28/h2-3,10,13H,4-9,11-12H2,1H3,(H,41,42). The summed E-state index contributed by atoms with van der Waals surface area (Å²) < 4.78 is 99.2. The first-order valence-corrected chi connectivity index (χ1v) is 13.5. The van der Waals surface area contributed by atoms with Gasteiger partial charge >= 0.3 is 18.3 Å². The molecule has 0 aliphatic heterocycles. The maximum Gasteiger partial charge on any atom is 0.433 e. The zero-order valence-corrected chi connectivity index (χ0v) is 23.4. The molecule has 2 aromatic rings. The van der Waals surface area contributed by atoms with Crippen LogP contribution in [0.2, 0.25) is 10.0 Å². The number of hydrogen-bond donors (Lipinski definition) is 1. The predicted molar refractivity (Wildman–Crippen MR) is 135 cm³/mol. The second-order valence-electron chi connectivity index (χ2n) is 11.0. The number of Topliss-reactive ketones (excluding diaryl/α,β-unsaturated/α-hetero) is 1. The summed E-state index contributed by atoms with van der Waals surface area (Å²) in [5, 5.41) is 12.1. The van der Waals surface area contributed by atoms with Gasteiger partial charge in [0, 0.05) is 6.54 Å². The van der Waals surface area contributed by atoms with Gasteiger partial charge in [-0.2, -0.15) is 31.4 Å². The number of amides is 1. The van der Waals surface area contributed by atoms with Gasteiger partial charge < -0.3 is 10.0 Å². The quantitative estimate of drug-likeness (QED) is 0.186. The van der Waals surface area contributed by atoms with Crippen molar-refractivity contribution in [1.82, 2.24) is 14.7 Å². The molecule has 0 spiro atoms. The Morgan fingerprint density at radius 2 is 1.67 bits per heavy atom. The molecule has 2 saturated carbocycles. The molecule has 0 unspecified atom stereocenters. The first-order chi connectivity index (χ1) is 19.3. The normalized spacial score (nSPS) is 22.1. The van der Waals surface area contributed by atoms with Crippen molar-refractivity contribution in [1.29, 1.82) is 0 Å². The Morgan fingerprint density at radius 3 is 2.17 bits per heavy atom. The molecule has 230 valence electrons. The molecule has 1 aromatic carbocycles. The molecule has 2 fully saturated rings. The van der Waals surface area contributed by atoms with Gasteiger partial charge in [-0.15, -0.1) is 0 Å². The topological polar surface area (TPSA) is 92.5 Å². The van der Waals surface area contributed by atoms with Crippen molar-refractivity contribution in [3.63, 3.8) is 0 Å². The van der Waals surface area contributed by atoms with E-state index in [2.05, 4.69) is 5.10 Å². The summed E-state index contributed by atoms with van der Waals surface area (Å²) in [5.74, 6) is -4.92. The minimum absolute atomic E-state index is 0.0167. The number of rotatable bonds is 8. The largest absolute Gasteiger partial charge is 0.481 e. The molecule has 0 saturated heterocycles. The maximum absolute atomic E-state index is 14.4. The Balaban J connectivity index is 1.72. The number of aromatic nitrogens is 2. The highest BCUT2D eigenvalue weighted by Crippen LogP contribution is 2.58. The molecule has 2 aliphatic rings. The van der Waals surface area contributed by atoms with Gasteiger partial charge in [0.25, 0.3) is 5.91 Å². The maximum atomic E-state index is 14.4. The van der Waals surface area contributed by atoms with Crippen LogP contribution in [-0.4, -0.2) is 56.7 Å². The van der Waals surface area contributed by atoms with Gasteiger partial charge in [0.05, 0.1) is 50.8 Å². The summed E-state index contributed by atoms with van der Waals surface area (Å²) in [6, 6.07) is 0.855. The first-order valence-electron chi connectivity index (χ1n) is 12.7. The minimum atomic E-state index is -5.19. The average molecular weight is 646 g/mol. The number of nitrogens with zero attached hydrogens (tertiary/aromatic N) is 3. The van der Waals surface area contributed by atoms with Crippen molar-refractivity contribution in [3.05, 3.63) is 51.0 Å². The van der Waals surface area contributed by atoms with E-state index in [4.69, 9.17) is 23.2 Å². The van der Waals surface area contributed by atoms with Crippen molar-refractivity contribution in [2.45, 2.75) is 63.8 Å². The molecule has 0 radical (unpaired) electrons. The van der Waals surface area contributed by atoms with Gasteiger partial charge in [-0.05, 0) is 57.6 Å². The number of carbonyl (C=O) groups excluding carboxylic acids is 2. The van der Waals surface area contributed by atoms with Crippen LogP contribution >= 0.6 is 23.2 Å². The Kier molecular flexibility index (Phi) is 8.39. The van der Waals surface area contributed by atoms with Gasteiger partial charge in [0.15, 0.2) is 11.5 Å². The lowest BCUT2D eigenvalue weighted by molar-refractivity contribution is -0.189. The molecule has 4 rings (SSSR count). The Bertz CT molecular complexity index is 1410. The summed E-state index contributed by atoms with van der Waals surface area (Å²) in [4.78, 5) is 38.6. The van der Waals surface area contributed by atoms with E-state index in [0.717, 1.165) is 12.1 Å². The van der Waals surface area contributed by atoms with E-state index in [1.165, 1.54) is 6.92 Å². The van der Waals surface area contributed by atoms with Crippen molar-refractivity contribution in [2.75, 3.05) is 13.1 Å². The summed E-state index contributed by atoms with van der Waals surface area (Å²) in [5.41, 5.74) is -6.86. The highest BCUT2D eigenvalue weighted by atomic mass is 35.5. The fourth-order valence-corrected chi connectivity index (χ4v) is 5.81. The number of alkyl halides is 6. The molecule has 1 aromatic heterocycles. The van der Waals surface area contributed by atoms with E-state index in [1.807, 2.05) is 0 Å². The third-order valence-corrected chi connectivity index (χ3v) is 8.79. The van der Waals surface area contributed by atoms with Crippen LogP contribution < -0.4 is 0 Å². The van der Waals surface area contributed by atoms with Gasteiger partial charge in [-0.1, -0.05) is 23.2 Å². The number of ketones is 1. The number of carbonyl (C=O) groups is 3. The van der Waals surface area contributed by atoms with E-state index >= 15 is 0 Å². The molecule has 2 aliphatic carbocycles. The first kappa shape index (κ1) is 32.1. The molecular weight excluding hydrogens is 622 g/mol. The van der Waals surface area contributed by atoms with Gasteiger partial charge in [0.2, 0.25) is 0 Å². The molecule has 0 atom stereocenters. The summed E-state index contributed by atoms with van der Waals surface area (Å²) in [7, 11) is 0. The van der Waals surface area contributed by atoms with E-state index in [-0.39, 0.29) is 30.7 Å². The molecule has 1 amide bonds. The van der Waals surface area contributed by atoms with Crippen LogP contribution in [0.4, 0.5) is 30.7 Å². The van der Waals surface area contributed by atoms with Gasteiger partial charge in [-0.25, -0.2) is 4.39 Å². The second kappa shape index (κ2) is 11.0. The second-order valence-corrected chi connectivity index (χ2v) is 11.8. The third kappa shape index (κ3) is 5.97.